The minimum Gasteiger partial charge on any atom is -0.550 e. The van der Waals surface area contributed by atoms with E-state index in [1.165, 1.54) is 31.2 Å². The van der Waals surface area contributed by atoms with Crippen molar-refractivity contribution >= 4 is 17.6 Å². The van der Waals surface area contributed by atoms with E-state index in [9.17, 15) is 19.1 Å². The zero-order valence-corrected chi connectivity index (χ0v) is 13.6. The molecular weight excluding hydrogens is 309 g/mol. The van der Waals surface area contributed by atoms with Gasteiger partial charge in [0.15, 0.2) is 0 Å². The monoisotopic (exact) mass is 328 g/mol. The van der Waals surface area contributed by atoms with Gasteiger partial charge in [0.1, 0.15) is 5.82 Å². The first-order valence-electron chi connectivity index (χ1n) is 7.69. The fraction of sp³-hybridized carbons (Fsp3) is 0.263. The molecule has 0 bridgehead atoms. The van der Waals surface area contributed by atoms with Gasteiger partial charge in [-0.15, -0.1) is 0 Å². The highest BCUT2D eigenvalue weighted by Gasteiger charge is 2.26. The van der Waals surface area contributed by atoms with Crippen molar-refractivity contribution in [2.24, 2.45) is 11.8 Å². The first kappa shape index (κ1) is 17.7. The number of hydrogen-bond donors (Lipinski definition) is 1. The molecule has 0 fully saturated rings. The minimum absolute atomic E-state index is 0.280. The Morgan fingerprint density at radius 2 is 1.67 bits per heavy atom. The van der Waals surface area contributed by atoms with Crippen LogP contribution in [0, 0.1) is 24.6 Å². The van der Waals surface area contributed by atoms with Gasteiger partial charge in [-0.3, -0.25) is 4.79 Å². The molecule has 2 aromatic rings. The van der Waals surface area contributed by atoms with Crippen molar-refractivity contribution in [3.8, 4) is 0 Å². The highest BCUT2D eigenvalue weighted by molar-refractivity contribution is 5.95. The molecule has 1 N–H and O–H groups in total. The van der Waals surface area contributed by atoms with Gasteiger partial charge < -0.3 is 15.2 Å². The number of rotatable bonds is 6. The third-order valence-corrected chi connectivity index (χ3v) is 4.00. The van der Waals surface area contributed by atoms with Gasteiger partial charge in [-0.2, -0.15) is 0 Å². The lowest BCUT2D eigenvalue weighted by Crippen LogP contribution is -2.40. The summed E-state index contributed by atoms with van der Waals surface area (Å²) in [6.07, 6.45) is 0.280. The first-order valence-corrected chi connectivity index (χ1v) is 7.69. The molecule has 0 saturated carbocycles. The largest absolute Gasteiger partial charge is 0.550 e. The van der Waals surface area contributed by atoms with Crippen LogP contribution in [-0.2, 0) is 16.0 Å². The molecule has 0 heterocycles. The number of carbonyl (C=O) groups is 2. The van der Waals surface area contributed by atoms with Gasteiger partial charge in [0.05, 0.1) is 5.92 Å². The molecule has 0 aliphatic carbocycles. The van der Waals surface area contributed by atoms with Crippen LogP contribution in [0.3, 0.4) is 0 Å². The van der Waals surface area contributed by atoms with Gasteiger partial charge in [0.25, 0.3) is 0 Å². The molecule has 2 rings (SSSR count). The third kappa shape index (κ3) is 4.65. The number of hydrogen-bond acceptors (Lipinski definition) is 3. The number of carbonyl (C=O) groups excluding carboxylic acids is 2. The van der Waals surface area contributed by atoms with Gasteiger partial charge >= 0.3 is 0 Å². The van der Waals surface area contributed by atoms with Crippen molar-refractivity contribution in [3.05, 3.63) is 65.5 Å². The van der Waals surface area contributed by atoms with Gasteiger partial charge in [-0.25, -0.2) is 4.39 Å². The second-order valence-electron chi connectivity index (χ2n) is 5.90. The summed E-state index contributed by atoms with van der Waals surface area (Å²) >= 11 is 0. The van der Waals surface area contributed by atoms with E-state index >= 15 is 0 Å². The molecule has 1 amide bonds. The van der Waals surface area contributed by atoms with Gasteiger partial charge in [-0.1, -0.05) is 36.8 Å². The number of anilines is 1. The summed E-state index contributed by atoms with van der Waals surface area (Å²) in [5.74, 6) is -3.86. The number of carboxylic acid groups (broad SMARTS) is 1. The number of benzene rings is 2. The van der Waals surface area contributed by atoms with Crippen molar-refractivity contribution in [1.82, 2.24) is 0 Å². The average Bonchev–Trinajstić information content (AvgIpc) is 2.55. The summed E-state index contributed by atoms with van der Waals surface area (Å²) in [7, 11) is 0. The van der Waals surface area contributed by atoms with Gasteiger partial charge in [-0.05, 0) is 43.2 Å². The zero-order valence-electron chi connectivity index (χ0n) is 13.6. The van der Waals surface area contributed by atoms with Crippen LogP contribution in [0.5, 0.6) is 0 Å². The van der Waals surface area contributed by atoms with Crippen LogP contribution in [0.1, 0.15) is 18.1 Å². The Bertz CT molecular complexity index is 710. The minimum atomic E-state index is -1.28. The standard InChI is InChI=1S/C19H20FNO3/c1-12-3-5-14(6-4-12)11-17(13(2)19(23)24)18(22)21-16-9-7-15(20)8-10-16/h3-10,13,17H,11H2,1-2H3,(H,21,22)(H,23,24)/p-1/t13-,17-/m0/s1. The number of aliphatic carboxylic acids is 1. The van der Waals surface area contributed by atoms with Gasteiger partial charge in [0, 0.05) is 17.6 Å². The fourth-order valence-electron chi connectivity index (χ4n) is 2.41. The maximum Gasteiger partial charge on any atom is 0.228 e. The lowest BCUT2D eigenvalue weighted by molar-refractivity contribution is -0.312. The van der Waals surface area contributed by atoms with E-state index in [4.69, 9.17) is 0 Å². The first-order chi connectivity index (χ1) is 11.4. The van der Waals surface area contributed by atoms with Gasteiger partial charge in [0.2, 0.25) is 5.91 Å². The molecule has 24 heavy (non-hydrogen) atoms. The topological polar surface area (TPSA) is 69.2 Å². The maximum absolute atomic E-state index is 12.9. The number of carboxylic acids is 1. The quantitative estimate of drug-likeness (QED) is 0.885. The Morgan fingerprint density at radius 1 is 1.08 bits per heavy atom. The molecule has 0 aromatic heterocycles. The second kappa shape index (κ2) is 7.73. The lowest BCUT2D eigenvalue weighted by atomic mass is 9.87. The van der Waals surface area contributed by atoms with Crippen LogP contribution in [0.15, 0.2) is 48.5 Å². The van der Waals surface area contributed by atoms with Crippen LogP contribution in [0.2, 0.25) is 0 Å². The smallest absolute Gasteiger partial charge is 0.228 e. The highest BCUT2D eigenvalue weighted by Crippen LogP contribution is 2.21. The maximum atomic E-state index is 12.9. The van der Waals surface area contributed by atoms with Crippen LogP contribution >= 0.6 is 0 Å². The average molecular weight is 328 g/mol. The third-order valence-electron chi connectivity index (χ3n) is 4.00. The fourth-order valence-corrected chi connectivity index (χ4v) is 2.41. The van der Waals surface area contributed by atoms with Crippen LogP contribution in [0.4, 0.5) is 10.1 Å². The normalized spacial score (nSPS) is 13.1. The van der Waals surface area contributed by atoms with E-state index in [-0.39, 0.29) is 6.42 Å². The van der Waals surface area contributed by atoms with E-state index in [1.807, 2.05) is 31.2 Å². The molecule has 0 spiro atoms. The molecule has 0 saturated heterocycles. The Balaban J connectivity index is 2.18. The molecule has 5 heteroatoms. The van der Waals surface area contributed by atoms with Crippen molar-refractivity contribution in [1.29, 1.82) is 0 Å². The Morgan fingerprint density at radius 3 is 2.21 bits per heavy atom. The molecule has 4 nitrogen and oxygen atoms in total. The second-order valence-corrected chi connectivity index (χ2v) is 5.90. The number of aryl methyl sites for hydroxylation is 1. The Labute approximate surface area is 140 Å². The summed E-state index contributed by atoms with van der Waals surface area (Å²) in [4.78, 5) is 23.8. The summed E-state index contributed by atoms with van der Waals surface area (Å²) in [5, 5.41) is 13.9. The summed E-state index contributed by atoms with van der Waals surface area (Å²) < 4.78 is 12.9. The molecule has 126 valence electrons. The molecular formula is C19H19FNO3-. The molecule has 0 radical (unpaired) electrons. The van der Waals surface area contributed by atoms with E-state index in [0.717, 1.165) is 11.1 Å². The van der Waals surface area contributed by atoms with Crippen LogP contribution in [0.25, 0.3) is 0 Å². The van der Waals surface area contributed by atoms with Crippen molar-refractivity contribution < 1.29 is 19.1 Å². The van der Waals surface area contributed by atoms with Crippen LogP contribution < -0.4 is 10.4 Å². The number of amides is 1. The number of halogens is 1. The van der Waals surface area contributed by atoms with Crippen molar-refractivity contribution in [2.45, 2.75) is 20.3 Å². The molecule has 2 atom stereocenters. The predicted octanol–water partition coefficient (Wildman–Crippen LogP) is 2.32. The van der Waals surface area contributed by atoms with Crippen LogP contribution in [-0.4, -0.2) is 11.9 Å². The van der Waals surface area contributed by atoms with E-state index in [1.54, 1.807) is 0 Å². The SMILES string of the molecule is Cc1ccc(C[C@H](C(=O)Nc2ccc(F)cc2)[C@H](C)C(=O)[O-])cc1. The molecule has 0 aliphatic rings. The van der Waals surface area contributed by atoms with Crippen molar-refractivity contribution in [2.75, 3.05) is 5.32 Å². The highest BCUT2D eigenvalue weighted by atomic mass is 19.1. The van der Waals surface area contributed by atoms with Crippen molar-refractivity contribution in [3.63, 3.8) is 0 Å². The molecule has 0 aliphatic heterocycles. The molecule has 0 unspecified atom stereocenters. The summed E-state index contributed by atoms with van der Waals surface area (Å²) in [5.41, 5.74) is 2.37. The lowest BCUT2D eigenvalue weighted by Gasteiger charge is -2.24. The summed E-state index contributed by atoms with van der Waals surface area (Å²) in [6, 6.07) is 12.9. The summed E-state index contributed by atoms with van der Waals surface area (Å²) in [6.45, 7) is 3.41. The number of nitrogens with one attached hydrogen (secondary N) is 1. The molecule has 2 aromatic carbocycles. The Kier molecular flexibility index (Phi) is 5.68. The Hall–Kier alpha value is -2.69. The van der Waals surface area contributed by atoms with E-state index in [0.29, 0.717) is 5.69 Å². The van der Waals surface area contributed by atoms with E-state index < -0.39 is 29.5 Å². The predicted molar refractivity (Wildman–Crippen MR) is 87.6 cm³/mol. The van der Waals surface area contributed by atoms with E-state index in [2.05, 4.69) is 5.32 Å². The zero-order chi connectivity index (χ0) is 17.7.